The lowest BCUT2D eigenvalue weighted by Gasteiger charge is -2.14. The molecule has 0 saturated heterocycles. The number of fused-ring (bicyclic) bond motifs is 1. The van der Waals surface area contributed by atoms with Gasteiger partial charge in [0.05, 0.1) is 36.1 Å². The highest BCUT2D eigenvalue weighted by Crippen LogP contribution is 2.32. The summed E-state index contributed by atoms with van der Waals surface area (Å²) in [7, 11) is 1.56. The normalized spacial score (nSPS) is 11.1. The molecule has 5 rings (SSSR count). The Labute approximate surface area is 230 Å². The number of nitrogens with zero attached hydrogens (tertiary/aromatic N) is 4. The summed E-state index contributed by atoms with van der Waals surface area (Å²) in [5.41, 5.74) is 4.30. The van der Waals surface area contributed by atoms with E-state index in [0.29, 0.717) is 41.6 Å². The summed E-state index contributed by atoms with van der Waals surface area (Å²) in [5, 5.41) is 15.4. The Morgan fingerprint density at radius 3 is 2.90 bits per heavy atom. The van der Waals surface area contributed by atoms with E-state index in [-0.39, 0.29) is 24.8 Å². The number of hydrogen-bond acceptors (Lipinski definition) is 8. The van der Waals surface area contributed by atoms with Gasteiger partial charge in [-0.3, -0.25) is 9.36 Å². The molecule has 1 amide bonds. The van der Waals surface area contributed by atoms with Crippen molar-refractivity contribution in [2.75, 3.05) is 30.2 Å². The third-order valence-corrected chi connectivity index (χ3v) is 6.23. The number of aliphatic hydroxyl groups is 1. The van der Waals surface area contributed by atoms with Gasteiger partial charge in [-0.05, 0) is 42.8 Å². The molecular formula is C28H27ClN6O4. The van der Waals surface area contributed by atoms with Crippen LogP contribution in [0.3, 0.4) is 0 Å². The van der Waals surface area contributed by atoms with Crippen LogP contribution in [0.5, 0.6) is 5.75 Å². The van der Waals surface area contributed by atoms with Gasteiger partial charge in [-0.25, -0.2) is 15.0 Å². The Kier molecular flexibility index (Phi) is 8.04. The molecule has 0 fully saturated rings. The second-order valence-corrected chi connectivity index (χ2v) is 9.04. The highest BCUT2D eigenvalue weighted by atomic mass is 35.5. The minimum absolute atomic E-state index is 0.0588. The predicted molar refractivity (Wildman–Crippen MR) is 149 cm³/mol. The molecule has 0 saturated carbocycles. The summed E-state index contributed by atoms with van der Waals surface area (Å²) < 4.78 is 13.3. The first-order valence-electron chi connectivity index (χ1n) is 12.4. The summed E-state index contributed by atoms with van der Waals surface area (Å²) >= 11 is 5.68. The Morgan fingerprint density at radius 2 is 2.08 bits per heavy atom. The number of benzene rings is 1. The van der Waals surface area contributed by atoms with Crippen molar-refractivity contribution in [1.82, 2.24) is 19.5 Å². The molecule has 0 unspecified atom stereocenters. The molecule has 2 aromatic heterocycles. The van der Waals surface area contributed by atoms with Gasteiger partial charge in [-0.15, -0.1) is 11.6 Å². The van der Waals surface area contributed by atoms with Crippen LogP contribution in [0, 0.1) is 0 Å². The van der Waals surface area contributed by atoms with Crippen molar-refractivity contribution >= 4 is 34.8 Å². The van der Waals surface area contributed by atoms with Gasteiger partial charge < -0.3 is 24.9 Å². The zero-order valence-electron chi connectivity index (χ0n) is 21.2. The van der Waals surface area contributed by atoms with Gasteiger partial charge in [0.1, 0.15) is 23.6 Å². The van der Waals surface area contributed by atoms with Crippen LogP contribution in [0.25, 0.3) is 28.4 Å². The van der Waals surface area contributed by atoms with Crippen LogP contribution in [0.1, 0.15) is 18.7 Å². The molecule has 3 aromatic rings. The molecular weight excluding hydrogens is 520 g/mol. The van der Waals surface area contributed by atoms with Gasteiger partial charge in [0, 0.05) is 42.8 Å². The number of hydrogen-bond donors (Lipinski definition) is 3. The maximum atomic E-state index is 12.0. The fourth-order valence-corrected chi connectivity index (χ4v) is 4.40. The average molecular weight is 547 g/mol. The summed E-state index contributed by atoms with van der Waals surface area (Å²) in [6, 6.07) is 14.9. The molecule has 10 nitrogen and oxygen atoms in total. The van der Waals surface area contributed by atoms with Crippen molar-refractivity contribution in [3.63, 3.8) is 0 Å². The molecule has 1 aromatic carbocycles. The fourth-order valence-electron chi connectivity index (χ4n) is 4.23. The van der Waals surface area contributed by atoms with Crippen LogP contribution in [0.15, 0.2) is 71.6 Å². The second kappa shape index (κ2) is 12.0. The highest BCUT2D eigenvalue weighted by molar-refractivity contribution is 6.19. The first-order valence-corrected chi connectivity index (χ1v) is 12.9. The van der Waals surface area contributed by atoms with E-state index in [9.17, 15) is 9.90 Å². The largest absolute Gasteiger partial charge is 0.495 e. The number of aliphatic hydroxyl groups excluding tert-OH is 1. The molecule has 0 spiro atoms. The number of anilines is 3. The molecule has 3 heterocycles. The Balaban J connectivity index is 1.49. The van der Waals surface area contributed by atoms with E-state index < -0.39 is 0 Å². The minimum Gasteiger partial charge on any atom is -0.495 e. The van der Waals surface area contributed by atoms with Crippen molar-refractivity contribution < 1.29 is 19.1 Å². The van der Waals surface area contributed by atoms with Gasteiger partial charge in [-0.2, -0.15) is 0 Å². The lowest BCUT2D eigenvalue weighted by Crippen LogP contribution is -2.12. The number of nitrogens with one attached hydrogen (secondary N) is 2. The first kappa shape index (κ1) is 26.2. The van der Waals surface area contributed by atoms with Crippen molar-refractivity contribution in [1.29, 1.82) is 0 Å². The van der Waals surface area contributed by atoms with Gasteiger partial charge in [0.2, 0.25) is 11.9 Å². The van der Waals surface area contributed by atoms with Crippen molar-refractivity contribution in [2.45, 2.75) is 19.3 Å². The van der Waals surface area contributed by atoms with E-state index in [1.165, 1.54) is 0 Å². The Morgan fingerprint density at radius 1 is 1.18 bits per heavy atom. The number of alkyl halides is 1. The number of amides is 1. The van der Waals surface area contributed by atoms with Gasteiger partial charge >= 0.3 is 0 Å². The Hall–Kier alpha value is -4.41. The first-order chi connectivity index (χ1) is 19.1. The molecule has 0 bridgehead atoms. The zero-order valence-corrected chi connectivity index (χ0v) is 22.0. The van der Waals surface area contributed by atoms with Gasteiger partial charge in [0.15, 0.2) is 0 Å². The smallest absolute Gasteiger partial charge is 0.227 e. The van der Waals surface area contributed by atoms with E-state index >= 15 is 0 Å². The molecule has 1 aliphatic carbocycles. The SMILES string of the molecule is COc1ccc(NC(=O)CCCl)cc1Nc1nccc(-c2cnc(CCCO)n2-c2coc3cccc-3c2)n1. The van der Waals surface area contributed by atoms with Crippen LogP contribution in [-0.2, 0) is 11.2 Å². The molecule has 0 atom stereocenters. The number of methoxy groups -OCH3 is 1. The van der Waals surface area contributed by atoms with Gasteiger partial charge in [0.25, 0.3) is 0 Å². The number of aryl methyl sites for hydroxylation is 1. The molecule has 2 aliphatic rings. The number of carbonyl (C=O) groups is 1. The maximum absolute atomic E-state index is 12.0. The van der Waals surface area contributed by atoms with Crippen LogP contribution in [0.2, 0.25) is 0 Å². The van der Waals surface area contributed by atoms with Crippen molar-refractivity contribution in [2.24, 2.45) is 0 Å². The number of carbonyl (C=O) groups excluding carboxylic acids is 1. The lowest BCUT2D eigenvalue weighted by atomic mass is 10.2. The standard InChI is InChI=1S/C28H27ClN6O4/c1-38-25-8-7-19(32-27(37)9-11-29)15-22(25)34-28-30-12-10-21(33-28)23-16-31-26(6-3-13-36)35(23)20-14-18-4-2-5-24(18)39-17-20/h2,4-5,7-8,10,12,14-17,36H,3,6,9,11,13H2,1H3,(H,32,37)(H,30,33,34). The minimum atomic E-state index is -0.184. The van der Waals surface area contributed by atoms with Crippen LogP contribution in [0.4, 0.5) is 17.3 Å². The maximum Gasteiger partial charge on any atom is 0.227 e. The molecule has 3 N–H and O–H groups in total. The molecule has 11 heteroatoms. The van der Waals surface area contributed by atoms with Gasteiger partial charge in [-0.1, -0.05) is 12.1 Å². The second-order valence-electron chi connectivity index (χ2n) is 8.67. The van der Waals surface area contributed by atoms with Crippen molar-refractivity contribution in [3.8, 4) is 34.1 Å². The number of halogens is 1. The van der Waals surface area contributed by atoms with Crippen LogP contribution in [-0.4, -0.2) is 50.1 Å². The topological polar surface area (TPSA) is 127 Å². The van der Waals surface area contributed by atoms with E-state index in [2.05, 4.69) is 20.6 Å². The van der Waals surface area contributed by atoms with E-state index in [4.69, 9.17) is 25.7 Å². The molecule has 1 aliphatic heterocycles. The monoisotopic (exact) mass is 546 g/mol. The quantitative estimate of drug-likeness (QED) is 0.191. The van der Waals surface area contributed by atoms with E-state index in [1.807, 2.05) is 28.8 Å². The number of imidazole rings is 1. The van der Waals surface area contributed by atoms with E-state index in [0.717, 1.165) is 28.5 Å². The number of rotatable bonds is 11. The Bertz CT molecular complexity index is 1550. The number of ether oxygens (including phenoxy) is 1. The summed E-state index contributed by atoms with van der Waals surface area (Å²) in [6.45, 7) is 0.0588. The van der Waals surface area contributed by atoms with E-state index in [1.54, 1.807) is 50.0 Å². The zero-order chi connectivity index (χ0) is 27.2. The van der Waals surface area contributed by atoms with Crippen LogP contribution < -0.4 is 15.4 Å². The molecule has 200 valence electrons. The van der Waals surface area contributed by atoms with Crippen LogP contribution >= 0.6 is 11.6 Å². The third-order valence-electron chi connectivity index (χ3n) is 6.04. The third kappa shape index (κ3) is 5.87. The molecule has 0 radical (unpaired) electrons. The predicted octanol–water partition coefficient (Wildman–Crippen LogP) is 5.27. The van der Waals surface area contributed by atoms with Crippen molar-refractivity contribution in [3.05, 3.63) is 73.0 Å². The molecule has 39 heavy (non-hydrogen) atoms. The number of aromatic nitrogens is 4. The summed E-state index contributed by atoms with van der Waals surface area (Å²) in [4.78, 5) is 25.8. The lowest BCUT2D eigenvalue weighted by molar-refractivity contribution is -0.115. The fraction of sp³-hybridized carbons (Fsp3) is 0.214. The summed E-state index contributed by atoms with van der Waals surface area (Å²) in [5.74, 6) is 2.50. The summed E-state index contributed by atoms with van der Waals surface area (Å²) in [6.07, 6.45) is 6.44. The highest BCUT2D eigenvalue weighted by Gasteiger charge is 2.18. The average Bonchev–Trinajstić information content (AvgIpc) is 3.59.